The van der Waals surface area contributed by atoms with Crippen molar-refractivity contribution < 1.29 is 13.9 Å². The second-order valence-electron chi connectivity index (χ2n) is 5.96. The number of allylic oxidation sites excluding steroid dienone is 1. The lowest BCUT2D eigenvalue weighted by atomic mass is 10.1. The molecule has 1 aromatic heterocycles. The summed E-state index contributed by atoms with van der Waals surface area (Å²) in [5.74, 6) is 0.0648. The van der Waals surface area contributed by atoms with Crippen LogP contribution in [0, 0.1) is 0 Å². The Balaban J connectivity index is 1.99. The Hall–Kier alpha value is -3.38. The highest BCUT2D eigenvalue weighted by Gasteiger charge is 2.17. The third-order valence-corrected chi connectivity index (χ3v) is 4.22. The lowest BCUT2D eigenvalue weighted by molar-refractivity contribution is 0.102. The van der Waals surface area contributed by atoms with E-state index >= 15 is 0 Å². The highest BCUT2D eigenvalue weighted by Crippen LogP contribution is 2.28. The third kappa shape index (κ3) is 3.75. The summed E-state index contributed by atoms with van der Waals surface area (Å²) in [7, 11) is 1.55. The first-order valence-electron chi connectivity index (χ1n) is 8.42. The number of amides is 1. The molecule has 0 bridgehead atoms. The molecule has 138 valence electrons. The minimum absolute atomic E-state index is 0.0693. The van der Waals surface area contributed by atoms with E-state index in [0.717, 1.165) is 5.56 Å². The van der Waals surface area contributed by atoms with Crippen LogP contribution in [0.4, 0.5) is 5.69 Å². The Morgan fingerprint density at radius 2 is 2.00 bits per heavy atom. The quantitative estimate of drug-likeness (QED) is 0.517. The molecule has 0 aliphatic rings. The largest absolute Gasteiger partial charge is 0.496 e. The van der Waals surface area contributed by atoms with Gasteiger partial charge in [0.1, 0.15) is 16.9 Å². The predicted octanol–water partition coefficient (Wildman–Crippen LogP) is 3.24. The van der Waals surface area contributed by atoms with E-state index in [1.54, 1.807) is 37.5 Å². The van der Waals surface area contributed by atoms with Gasteiger partial charge in [-0.1, -0.05) is 18.2 Å². The van der Waals surface area contributed by atoms with Crippen LogP contribution in [0.15, 0.2) is 64.3 Å². The molecule has 0 aliphatic carbocycles. The first-order valence-corrected chi connectivity index (χ1v) is 8.42. The smallest absolute Gasteiger partial charge is 0.349 e. The van der Waals surface area contributed by atoms with Gasteiger partial charge in [-0.05, 0) is 42.3 Å². The van der Waals surface area contributed by atoms with Crippen molar-refractivity contribution in [3.05, 3.63) is 82.2 Å². The average molecular weight is 364 g/mol. The molecule has 3 aromatic rings. The molecule has 0 unspecified atom stereocenters. The van der Waals surface area contributed by atoms with E-state index in [4.69, 9.17) is 14.9 Å². The molecule has 0 aliphatic heterocycles. The number of ether oxygens (including phenoxy) is 1. The lowest BCUT2D eigenvalue weighted by Crippen LogP contribution is -2.20. The Kier molecular flexibility index (Phi) is 5.38. The minimum atomic E-state index is -0.711. The Bertz CT molecular complexity index is 1050. The minimum Gasteiger partial charge on any atom is -0.496 e. The monoisotopic (exact) mass is 364 g/mol. The molecule has 0 atom stereocenters. The Morgan fingerprint density at radius 3 is 2.63 bits per heavy atom. The van der Waals surface area contributed by atoms with Gasteiger partial charge in [0.25, 0.3) is 5.91 Å². The molecular formula is C21H20N2O4. The molecule has 27 heavy (non-hydrogen) atoms. The fraction of sp³-hybridized carbons (Fsp3) is 0.143. The third-order valence-electron chi connectivity index (χ3n) is 4.22. The zero-order chi connectivity index (χ0) is 19.4. The van der Waals surface area contributed by atoms with Gasteiger partial charge in [-0.3, -0.25) is 4.79 Å². The van der Waals surface area contributed by atoms with Crippen molar-refractivity contribution in [3.8, 4) is 5.75 Å². The van der Waals surface area contributed by atoms with Crippen LogP contribution < -0.4 is 21.4 Å². The number of carbonyl (C=O) groups excluding carboxylic acids is 1. The van der Waals surface area contributed by atoms with Crippen molar-refractivity contribution in [2.45, 2.75) is 13.0 Å². The molecule has 3 rings (SSSR count). The molecule has 0 radical (unpaired) electrons. The molecule has 0 fully saturated rings. The zero-order valence-electron chi connectivity index (χ0n) is 15.0. The van der Waals surface area contributed by atoms with E-state index in [9.17, 15) is 9.59 Å². The van der Waals surface area contributed by atoms with Gasteiger partial charge < -0.3 is 20.2 Å². The number of fused-ring (bicyclic) bond motifs is 1. The molecule has 6 heteroatoms. The van der Waals surface area contributed by atoms with Gasteiger partial charge in [-0.2, -0.15) is 0 Å². The molecule has 3 N–H and O–H groups in total. The van der Waals surface area contributed by atoms with Crippen LogP contribution in [0.2, 0.25) is 0 Å². The molecule has 0 saturated carbocycles. The standard InChI is InChI=1S/C21H20N2O4/c1-3-4-16-18(26-2)10-7-14-11-17(21(25)27-19(14)16)20(24)23-15-8-5-13(12-22)6-9-15/h3,5-11H,1,4,12,22H2,2H3,(H,23,24). The molecule has 0 spiro atoms. The highest BCUT2D eigenvalue weighted by atomic mass is 16.5. The summed E-state index contributed by atoms with van der Waals surface area (Å²) in [5.41, 5.74) is 7.40. The van der Waals surface area contributed by atoms with Gasteiger partial charge in [-0.15, -0.1) is 6.58 Å². The summed E-state index contributed by atoms with van der Waals surface area (Å²) in [6, 6.07) is 12.1. The molecule has 6 nitrogen and oxygen atoms in total. The number of rotatable bonds is 6. The van der Waals surface area contributed by atoms with Crippen LogP contribution >= 0.6 is 0 Å². The number of hydrogen-bond donors (Lipinski definition) is 2. The molecule has 2 aromatic carbocycles. The molecular weight excluding hydrogens is 344 g/mol. The SMILES string of the molecule is C=CCc1c(OC)ccc2cc(C(=O)Nc3ccc(CN)cc3)c(=O)oc12. The fourth-order valence-electron chi connectivity index (χ4n) is 2.83. The van der Waals surface area contributed by atoms with E-state index in [0.29, 0.717) is 40.9 Å². The van der Waals surface area contributed by atoms with Crippen molar-refractivity contribution in [1.82, 2.24) is 0 Å². The van der Waals surface area contributed by atoms with Crippen LogP contribution in [-0.4, -0.2) is 13.0 Å². The number of methoxy groups -OCH3 is 1. The highest BCUT2D eigenvalue weighted by molar-refractivity contribution is 6.05. The number of carbonyl (C=O) groups is 1. The first-order chi connectivity index (χ1) is 13.1. The lowest BCUT2D eigenvalue weighted by Gasteiger charge is -2.10. The van der Waals surface area contributed by atoms with Gasteiger partial charge in [0.15, 0.2) is 0 Å². The summed E-state index contributed by atoms with van der Waals surface area (Å²) >= 11 is 0. The van der Waals surface area contributed by atoms with Crippen LogP contribution in [0.25, 0.3) is 11.0 Å². The number of benzene rings is 2. The summed E-state index contributed by atoms with van der Waals surface area (Å²) < 4.78 is 10.8. The number of hydrogen-bond acceptors (Lipinski definition) is 5. The number of nitrogens with two attached hydrogens (primary N) is 1. The summed E-state index contributed by atoms with van der Waals surface area (Å²) in [6.45, 7) is 4.13. The van der Waals surface area contributed by atoms with Crippen LogP contribution in [0.1, 0.15) is 21.5 Å². The first kappa shape index (κ1) is 18.4. The maximum Gasteiger partial charge on any atom is 0.349 e. The summed E-state index contributed by atoms with van der Waals surface area (Å²) in [5, 5.41) is 3.33. The van der Waals surface area contributed by atoms with E-state index in [-0.39, 0.29) is 5.56 Å². The van der Waals surface area contributed by atoms with Gasteiger partial charge in [0.2, 0.25) is 0 Å². The van der Waals surface area contributed by atoms with Crippen molar-refractivity contribution in [3.63, 3.8) is 0 Å². The van der Waals surface area contributed by atoms with E-state index < -0.39 is 11.5 Å². The van der Waals surface area contributed by atoms with Crippen molar-refractivity contribution in [2.75, 3.05) is 12.4 Å². The second-order valence-corrected chi connectivity index (χ2v) is 5.96. The topological polar surface area (TPSA) is 94.6 Å². The number of anilines is 1. The molecule has 1 heterocycles. The van der Waals surface area contributed by atoms with Gasteiger partial charge in [0, 0.05) is 23.2 Å². The second kappa shape index (κ2) is 7.88. The van der Waals surface area contributed by atoms with Gasteiger partial charge in [-0.25, -0.2) is 4.79 Å². The van der Waals surface area contributed by atoms with Gasteiger partial charge in [0.05, 0.1) is 7.11 Å². The average Bonchev–Trinajstić information content (AvgIpc) is 2.68. The van der Waals surface area contributed by atoms with E-state index in [1.807, 2.05) is 12.1 Å². The number of nitrogens with one attached hydrogen (secondary N) is 1. The van der Waals surface area contributed by atoms with Crippen LogP contribution in [0.5, 0.6) is 5.75 Å². The normalized spacial score (nSPS) is 10.6. The Morgan fingerprint density at radius 1 is 1.26 bits per heavy atom. The fourth-order valence-corrected chi connectivity index (χ4v) is 2.83. The molecule has 1 amide bonds. The predicted molar refractivity (Wildman–Crippen MR) is 105 cm³/mol. The van der Waals surface area contributed by atoms with Crippen LogP contribution in [0.3, 0.4) is 0 Å². The summed E-state index contributed by atoms with van der Waals surface area (Å²) in [4.78, 5) is 24.9. The Labute approximate surface area is 156 Å². The van der Waals surface area contributed by atoms with E-state index in [1.165, 1.54) is 6.07 Å². The maximum atomic E-state index is 12.5. The maximum absolute atomic E-state index is 12.5. The zero-order valence-corrected chi connectivity index (χ0v) is 15.0. The van der Waals surface area contributed by atoms with E-state index in [2.05, 4.69) is 11.9 Å². The van der Waals surface area contributed by atoms with Crippen molar-refractivity contribution >= 4 is 22.6 Å². The molecule has 0 saturated heterocycles. The van der Waals surface area contributed by atoms with Crippen molar-refractivity contribution in [2.24, 2.45) is 5.73 Å². The van der Waals surface area contributed by atoms with Crippen LogP contribution in [-0.2, 0) is 13.0 Å². The van der Waals surface area contributed by atoms with Gasteiger partial charge >= 0.3 is 5.63 Å². The van der Waals surface area contributed by atoms with Crippen molar-refractivity contribution in [1.29, 1.82) is 0 Å². The summed E-state index contributed by atoms with van der Waals surface area (Å²) in [6.07, 6.45) is 2.17.